The van der Waals surface area contributed by atoms with Gasteiger partial charge in [-0.05, 0) is 31.2 Å². The molecule has 3 rings (SSSR count). The molecule has 0 saturated heterocycles. The van der Waals surface area contributed by atoms with Crippen molar-refractivity contribution in [3.63, 3.8) is 0 Å². The summed E-state index contributed by atoms with van der Waals surface area (Å²) in [4.78, 5) is 28.1. The molecule has 7 nitrogen and oxygen atoms in total. The maximum atomic E-state index is 12.1. The van der Waals surface area contributed by atoms with Crippen LogP contribution in [-0.4, -0.2) is 33.2 Å². The molecule has 118 valence electrons. The van der Waals surface area contributed by atoms with Gasteiger partial charge in [0.15, 0.2) is 10.8 Å². The van der Waals surface area contributed by atoms with Crippen molar-refractivity contribution in [3.8, 4) is 0 Å². The number of nitrogens with zero attached hydrogens (tertiary/aromatic N) is 3. The molecule has 0 bridgehead atoms. The number of benzene rings is 1. The molecule has 0 aliphatic carbocycles. The Hall–Kier alpha value is -2.74. The predicted octanol–water partition coefficient (Wildman–Crippen LogP) is 2.46. The van der Waals surface area contributed by atoms with Gasteiger partial charge >= 0.3 is 5.97 Å². The van der Waals surface area contributed by atoms with Crippen LogP contribution in [0.4, 0.5) is 5.13 Å². The summed E-state index contributed by atoms with van der Waals surface area (Å²) >= 11 is 1.29. The zero-order valence-electron chi connectivity index (χ0n) is 12.6. The van der Waals surface area contributed by atoms with Crippen molar-refractivity contribution in [2.75, 3.05) is 11.9 Å². The van der Waals surface area contributed by atoms with Crippen molar-refractivity contribution in [1.29, 1.82) is 0 Å². The van der Waals surface area contributed by atoms with Crippen LogP contribution in [0.25, 0.3) is 10.2 Å². The molecule has 0 aliphatic rings. The van der Waals surface area contributed by atoms with Gasteiger partial charge in [0.25, 0.3) is 5.91 Å². The minimum atomic E-state index is -0.373. The van der Waals surface area contributed by atoms with E-state index in [1.165, 1.54) is 11.3 Å². The first kappa shape index (κ1) is 15.2. The van der Waals surface area contributed by atoms with E-state index in [-0.39, 0.29) is 11.9 Å². The number of esters is 1. The van der Waals surface area contributed by atoms with Gasteiger partial charge in [0.2, 0.25) is 0 Å². The third-order valence-corrected chi connectivity index (χ3v) is 4.00. The number of rotatable bonds is 4. The second-order valence-corrected chi connectivity index (χ2v) is 5.78. The van der Waals surface area contributed by atoms with Crippen molar-refractivity contribution >= 4 is 38.6 Å². The van der Waals surface area contributed by atoms with E-state index in [0.29, 0.717) is 28.5 Å². The molecule has 0 saturated carbocycles. The molecule has 3 aromatic rings. The van der Waals surface area contributed by atoms with E-state index in [9.17, 15) is 9.59 Å². The maximum absolute atomic E-state index is 12.1. The fraction of sp³-hybridized carbons (Fsp3) is 0.200. The fourth-order valence-corrected chi connectivity index (χ4v) is 2.92. The fourth-order valence-electron chi connectivity index (χ4n) is 2.02. The summed E-state index contributed by atoms with van der Waals surface area (Å²) in [7, 11) is 1.74. The molecule has 8 heteroatoms. The number of aryl methyl sites for hydroxylation is 1. The Bertz CT molecular complexity index is 884. The lowest BCUT2D eigenvalue weighted by atomic mass is 10.2. The van der Waals surface area contributed by atoms with Crippen molar-refractivity contribution in [1.82, 2.24) is 14.8 Å². The zero-order chi connectivity index (χ0) is 16.4. The van der Waals surface area contributed by atoms with E-state index in [4.69, 9.17) is 4.74 Å². The summed E-state index contributed by atoms with van der Waals surface area (Å²) in [5.74, 6) is -0.697. The monoisotopic (exact) mass is 330 g/mol. The lowest BCUT2D eigenvalue weighted by molar-refractivity contribution is 0.0526. The van der Waals surface area contributed by atoms with Crippen LogP contribution < -0.4 is 5.32 Å². The standard InChI is InChI=1S/C15H14N4O3S/c1-3-22-14(21)9-4-5-10-12(8-9)23-15(16-10)17-13(20)11-6-7-19(2)18-11/h4-8H,3H2,1-2H3,(H,16,17,20). The first-order valence-electron chi connectivity index (χ1n) is 6.95. The third kappa shape index (κ3) is 3.21. The summed E-state index contributed by atoms with van der Waals surface area (Å²) in [5.41, 5.74) is 1.49. The average molecular weight is 330 g/mol. The van der Waals surface area contributed by atoms with Gasteiger partial charge in [-0.25, -0.2) is 9.78 Å². The molecule has 0 atom stereocenters. The van der Waals surface area contributed by atoms with Gasteiger partial charge in [-0.15, -0.1) is 0 Å². The van der Waals surface area contributed by atoms with Crippen molar-refractivity contribution < 1.29 is 14.3 Å². The molecule has 1 amide bonds. The first-order valence-corrected chi connectivity index (χ1v) is 7.77. The molecule has 23 heavy (non-hydrogen) atoms. The molecule has 1 aromatic carbocycles. The Morgan fingerprint density at radius 1 is 1.35 bits per heavy atom. The number of fused-ring (bicyclic) bond motifs is 1. The molecular formula is C15H14N4O3S. The topological polar surface area (TPSA) is 86.1 Å². The first-order chi connectivity index (χ1) is 11.1. The van der Waals surface area contributed by atoms with E-state index >= 15 is 0 Å². The minimum absolute atomic E-state index is 0.318. The Morgan fingerprint density at radius 3 is 2.87 bits per heavy atom. The average Bonchev–Trinajstić information content (AvgIpc) is 3.12. The van der Waals surface area contributed by atoms with Crippen LogP contribution in [0.15, 0.2) is 30.5 Å². The van der Waals surface area contributed by atoms with E-state index in [0.717, 1.165) is 4.70 Å². The zero-order valence-corrected chi connectivity index (χ0v) is 13.4. The highest BCUT2D eigenvalue weighted by Gasteiger charge is 2.14. The van der Waals surface area contributed by atoms with Gasteiger partial charge in [-0.3, -0.25) is 14.8 Å². The predicted molar refractivity (Wildman–Crippen MR) is 86.7 cm³/mol. The number of ether oxygens (including phenoxy) is 1. The quantitative estimate of drug-likeness (QED) is 0.743. The minimum Gasteiger partial charge on any atom is -0.462 e. The Balaban J connectivity index is 1.82. The van der Waals surface area contributed by atoms with Crippen molar-refractivity contribution in [2.45, 2.75) is 6.92 Å². The Kier molecular flexibility index (Phi) is 4.07. The second kappa shape index (κ2) is 6.17. The highest BCUT2D eigenvalue weighted by atomic mass is 32.1. The van der Waals surface area contributed by atoms with E-state index in [2.05, 4.69) is 15.4 Å². The molecule has 0 fully saturated rings. The molecule has 0 unspecified atom stereocenters. The van der Waals surface area contributed by atoms with Crippen LogP contribution in [0.5, 0.6) is 0 Å². The SMILES string of the molecule is CCOC(=O)c1ccc2nc(NC(=O)c3ccn(C)n3)sc2c1. The summed E-state index contributed by atoms with van der Waals surface area (Å²) in [6.07, 6.45) is 1.69. The summed E-state index contributed by atoms with van der Waals surface area (Å²) in [6.45, 7) is 2.08. The normalized spacial score (nSPS) is 10.7. The van der Waals surface area contributed by atoms with E-state index in [1.807, 2.05) is 0 Å². The van der Waals surface area contributed by atoms with Gasteiger partial charge in [0.1, 0.15) is 0 Å². The lowest BCUT2D eigenvalue weighted by Gasteiger charge is -2.00. The number of hydrogen-bond acceptors (Lipinski definition) is 6. The van der Waals surface area contributed by atoms with Gasteiger partial charge in [-0.2, -0.15) is 5.10 Å². The smallest absolute Gasteiger partial charge is 0.338 e. The van der Waals surface area contributed by atoms with E-state index in [1.54, 1.807) is 49.1 Å². The maximum Gasteiger partial charge on any atom is 0.338 e. The highest BCUT2D eigenvalue weighted by Crippen LogP contribution is 2.27. The molecule has 0 radical (unpaired) electrons. The van der Waals surface area contributed by atoms with Gasteiger partial charge in [0, 0.05) is 13.2 Å². The largest absolute Gasteiger partial charge is 0.462 e. The van der Waals surface area contributed by atoms with Crippen LogP contribution in [0, 0.1) is 0 Å². The number of anilines is 1. The van der Waals surface area contributed by atoms with Crippen LogP contribution in [0.2, 0.25) is 0 Å². The number of amides is 1. The Morgan fingerprint density at radius 2 is 2.17 bits per heavy atom. The van der Waals surface area contributed by atoms with Crippen molar-refractivity contribution in [3.05, 3.63) is 41.7 Å². The lowest BCUT2D eigenvalue weighted by Crippen LogP contribution is -2.12. The van der Waals surface area contributed by atoms with Gasteiger partial charge < -0.3 is 4.74 Å². The number of nitrogens with one attached hydrogen (secondary N) is 1. The summed E-state index contributed by atoms with van der Waals surface area (Å²) in [6, 6.07) is 6.72. The number of carbonyl (C=O) groups is 2. The van der Waals surface area contributed by atoms with Gasteiger partial charge in [-0.1, -0.05) is 11.3 Å². The second-order valence-electron chi connectivity index (χ2n) is 4.75. The van der Waals surface area contributed by atoms with Crippen LogP contribution >= 0.6 is 11.3 Å². The molecule has 0 spiro atoms. The van der Waals surface area contributed by atoms with Crippen molar-refractivity contribution in [2.24, 2.45) is 7.05 Å². The number of carbonyl (C=O) groups excluding carboxylic acids is 2. The highest BCUT2D eigenvalue weighted by molar-refractivity contribution is 7.22. The number of hydrogen-bond donors (Lipinski definition) is 1. The van der Waals surface area contributed by atoms with Crippen LogP contribution in [0.3, 0.4) is 0 Å². The third-order valence-electron chi connectivity index (χ3n) is 3.07. The molecular weight excluding hydrogens is 316 g/mol. The summed E-state index contributed by atoms with van der Waals surface area (Å²) < 4.78 is 7.33. The van der Waals surface area contributed by atoms with Crippen LogP contribution in [-0.2, 0) is 11.8 Å². The van der Waals surface area contributed by atoms with E-state index < -0.39 is 0 Å². The molecule has 1 N–H and O–H groups in total. The van der Waals surface area contributed by atoms with Crippen LogP contribution in [0.1, 0.15) is 27.8 Å². The molecule has 2 heterocycles. The number of aromatic nitrogens is 3. The Labute approximate surface area is 135 Å². The molecule has 2 aromatic heterocycles. The van der Waals surface area contributed by atoms with Gasteiger partial charge in [0.05, 0.1) is 22.4 Å². The number of thiazole rings is 1. The summed E-state index contributed by atoms with van der Waals surface area (Å²) in [5, 5.41) is 7.21. The molecule has 0 aliphatic heterocycles.